The summed E-state index contributed by atoms with van der Waals surface area (Å²) in [5, 5.41) is 78.6. The molecule has 0 spiro atoms. The van der Waals surface area contributed by atoms with Crippen LogP contribution in [0.4, 0.5) is 0 Å². The summed E-state index contributed by atoms with van der Waals surface area (Å²) >= 11 is 0. The van der Waals surface area contributed by atoms with Gasteiger partial charge in [-0.05, 0) is 60.2 Å². The summed E-state index contributed by atoms with van der Waals surface area (Å²) in [5.74, 6) is 0.270. The third-order valence-corrected chi connectivity index (χ3v) is 8.99. The van der Waals surface area contributed by atoms with E-state index in [-0.39, 0.29) is 88.7 Å². The number of aliphatic hydroxyl groups is 6. The van der Waals surface area contributed by atoms with Crippen LogP contribution in [0, 0.1) is 0 Å². The zero-order valence-electron chi connectivity index (χ0n) is 31.1. The summed E-state index contributed by atoms with van der Waals surface area (Å²) in [6, 6.07) is 22.3. The molecule has 4 heterocycles. The molecule has 8 unspecified atom stereocenters. The van der Waals surface area contributed by atoms with E-state index < -0.39 is 68.2 Å². The van der Waals surface area contributed by atoms with Crippen molar-refractivity contribution in [1.29, 1.82) is 0 Å². The maximum atomic E-state index is 12.3. The van der Waals surface area contributed by atoms with Gasteiger partial charge in [0.2, 0.25) is 24.1 Å². The van der Waals surface area contributed by atoms with E-state index in [1.165, 1.54) is 30.3 Å². The summed E-state index contributed by atoms with van der Waals surface area (Å²) in [6.07, 6.45) is -7.74. The average molecular weight is 849 g/mol. The third-order valence-electron chi connectivity index (χ3n) is 8.99. The molecule has 0 radical (unpaired) electrons. The van der Waals surface area contributed by atoms with Crippen molar-refractivity contribution in [2.45, 2.75) is 49.2 Å². The van der Waals surface area contributed by atoms with Gasteiger partial charge >= 0.3 is 29.6 Å². The van der Waals surface area contributed by atoms with Crippen molar-refractivity contribution in [2.75, 3.05) is 19.8 Å². The zero-order chi connectivity index (χ0) is 40.8. The molecule has 4 aromatic rings. The van der Waals surface area contributed by atoms with Crippen LogP contribution in [-0.2, 0) is 9.47 Å². The van der Waals surface area contributed by atoms with Crippen LogP contribution in [0.1, 0.15) is 36.6 Å². The molecule has 0 saturated carbocycles. The standard InChI is InChI=1S/C20H18O8.C12H14O7.C8H6O2.ClH.Na/c21-9-16-18(24)19(25)20(28-16)27-14-6-5-10(7-12(14)22)8-15-17(23)11-3-1-2-4-13(11)26-15;13-4-6-1-2-8(7(15)3-6)18-12-11(17)10(16)9(5-14)19-12;9-7-5-10-8-4-2-1-3-6(7)8;;/h1-8,16,18-22,24-25H,9H2;1-4,9-12,14-17H,5H2;1-4H,5H2;1H;/q;;;;+1/p-1/b15-8-;;;;. The second kappa shape index (κ2) is 21.1. The molecule has 59 heavy (non-hydrogen) atoms. The summed E-state index contributed by atoms with van der Waals surface area (Å²) in [5.41, 5.74) is 1.89. The topological polar surface area (TPSA) is 271 Å². The number of fused-ring (bicyclic) bond motifs is 2. The fourth-order valence-electron chi connectivity index (χ4n) is 5.93. The van der Waals surface area contributed by atoms with Crippen molar-refractivity contribution in [3.8, 4) is 34.5 Å². The van der Waals surface area contributed by atoms with Crippen molar-refractivity contribution in [3.05, 3.63) is 113 Å². The number of carbonyl (C=O) groups is 3. The van der Waals surface area contributed by atoms with Gasteiger partial charge in [0.25, 0.3) is 0 Å². The number of aromatic hydroxyl groups is 1. The molecule has 308 valence electrons. The number of benzene rings is 4. The number of hydrogen-bond acceptors (Lipinski definition) is 17. The van der Waals surface area contributed by atoms with Crippen molar-refractivity contribution in [1.82, 2.24) is 0 Å². The molecule has 0 aliphatic carbocycles. The molecule has 8 atom stereocenters. The summed E-state index contributed by atoms with van der Waals surface area (Å²) in [7, 11) is 0. The Labute approximate surface area is 364 Å². The van der Waals surface area contributed by atoms with Crippen LogP contribution in [0.2, 0.25) is 0 Å². The number of Topliss-reactive ketones (excluding diaryl/α,β-unsaturated/α-hetero) is 2. The Bertz CT molecular complexity index is 2130. The first-order chi connectivity index (χ1) is 27.4. The summed E-state index contributed by atoms with van der Waals surface area (Å²) < 4.78 is 31.5. The average Bonchev–Trinajstić information content (AvgIpc) is 3.92. The summed E-state index contributed by atoms with van der Waals surface area (Å²) in [4.78, 5) is 33.8. The number of halogens is 1. The van der Waals surface area contributed by atoms with Crippen LogP contribution in [0.15, 0.2) is 90.7 Å². The van der Waals surface area contributed by atoms with E-state index >= 15 is 0 Å². The molecule has 17 nitrogen and oxygen atoms in total. The van der Waals surface area contributed by atoms with E-state index in [2.05, 4.69) is 0 Å². The number of para-hydroxylation sites is 2. The van der Waals surface area contributed by atoms with Crippen LogP contribution in [0.3, 0.4) is 0 Å². The number of ketones is 2. The molecule has 0 aromatic heterocycles. The second-order valence-electron chi connectivity index (χ2n) is 12.8. The monoisotopic (exact) mass is 848 g/mol. The van der Waals surface area contributed by atoms with E-state index in [0.29, 0.717) is 34.5 Å². The molecule has 8 rings (SSSR count). The van der Waals surface area contributed by atoms with E-state index in [1.54, 1.807) is 42.5 Å². The van der Waals surface area contributed by atoms with Gasteiger partial charge in [0.15, 0.2) is 23.9 Å². The molecule has 4 aromatic carbocycles. The largest absolute Gasteiger partial charge is 1.00 e. The van der Waals surface area contributed by atoms with E-state index in [0.717, 1.165) is 6.07 Å². The number of phenols is 1. The second-order valence-corrected chi connectivity index (χ2v) is 12.8. The molecule has 7 N–H and O–H groups in total. The number of phenolic OH excluding ortho intramolecular Hbond substituents is 1. The minimum Gasteiger partial charge on any atom is -0.870 e. The predicted octanol–water partition coefficient (Wildman–Crippen LogP) is -2.10. The van der Waals surface area contributed by atoms with Gasteiger partial charge in [0.1, 0.15) is 60.2 Å². The number of carbonyl (C=O) groups excluding carboxylic acids is 3. The Hall–Kier alpha value is -4.60. The third kappa shape index (κ3) is 10.8. The number of aldehydes is 1. The van der Waals surface area contributed by atoms with Gasteiger partial charge in [0, 0.05) is 5.56 Å². The minimum absolute atomic E-state index is 0. The van der Waals surface area contributed by atoms with E-state index in [9.17, 15) is 45.0 Å². The van der Waals surface area contributed by atoms with Gasteiger partial charge in [-0.2, -0.15) is 0 Å². The first-order valence-corrected chi connectivity index (χ1v) is 17.4. The van der Waals surface area contributed by atoms with Crippen molar-refractivity contribution < 1.29 is 113 Å². The zero-order valence-corrected chi connectivity index (χ0v) is 33.9. The number of aliphatic hydroxyl groups excluding tert-OH is 6. The SMILES string of the molecule is Cl.O=C1/C(=C/c2ccc(OC3OC(CO)C(O)C3O)c(O)c2)Oc2ccccc21.O=C1COc2ccccc21.O=Cc1ccc(OC2OC(CO)C(O)C2O)c([O-])c1.[Na+]. The van der Waals surface area contributed by atoms with Crippen LogP contribution in [-0.4, -0.2) is 123 Å². The van der Waals surface area contributed by atoms with Crippen LogP contribution >= 0.6 is 12.4 Å². The predicted molar refractivity (Wildman–Crippen MR) is 199 cm³/mol. The minimum atomic E-state index is -1.37. The molecular weight excluding hydrogens is 811 g/mol. The van der Waals surface area contributed by atoms with Crippen molar-refractivity contribution in [3.63, 3.8) is 0 Å². The molecule has 0 bridgehead atoms. The molecule has 19 heteroatoms. The molecule has 4 aliphatic rings. The van der Waals surface area contributed by atoms with Gasteiger partial charge in [0.05, 0.1) is 24.3 Å². The number of hydrogen-bond donors (Lipinski definition) is 7. The fourth-order valence-corrected chi connectivity index (χ4v) is 5.93. The van der Waals surface area contributed by atoms with Gasteiger partial charge in [-0.25, -0.2) is 0 Å². The smallest absolute Gasteiger partial charge is 0.870 e. The Balaban J connectivity index is 0.000000214. The summed E-state index contributed by atoms with van der Waals surface area (Å²) in [6.45, 7) is -0.751. The van der Waals surface area contributed by atoms with Crippen LogP contribution in [0.5, 0.6) is 34.5 Å². The molecule has 4 aliphatic heterocycles. The molecule has 2 saturated heterocycles. The van der Waals surface area contributed by atoms with Gasteiger partial charge < -0.3 is 69.3 Å². The molecule has 2 fully saturated rings. The Morgan fingerprint density at radius 1 is 0.712 bits per heavy atom. The van der Waals surface area contributed by atoms with Gasteiger partial charge in [-0.1, -0.05) is 42.1 Å². The fraction of sp³-hybridized carbons (Fsp3) is 0.275. The maximum Gasteiger partial charge on any atom is 1.00 e. The molecular formula is C40H38ClNaO17. The normalized spacial score (nSPS) is 25.4. The Morgan fingerprint density at radius 2 is 1.25 bits per heavy atom. The van der Waals surface area contributed by atoms with Crippen molar-refractivity contribution >= 4 is 36.3 Å². The van der Waals surface area contributed by atoms with E-state index in [1.807, 2.05) is 12.1 Å². The van der Waals surface area contributed by atoms with Crippen LogP contribution in [0.25, 0.3) is 6.08 Å². The Morgan fingerprint density at radius 3 is 1.78 bits per heavy atom. The number of ether oxygens (including phenoxy) is 6. The number of rotatable bonds is 8. The van der Waals surface area contributed by atoms with E-state index in [4.69, 9.17) is 38.6 Å². The number of allylic oxidation sites excluding steroid dienone is 1. The first-order valence-electron chi connectivity index (χ1n) is 17.4. The van der Waals surface area contributed by atoms with Crippen LogP contribution < -0.4 is 53.6 Å². The maximum absolute atomic E-state index is 12.3. The first kappa shape index (κ1) is 47.1. The van der Waals surface area contributed by atoms with Gasteiger partial charge in [-0.3, -0.25) is 14.4 Å². The quantitative estimate of drug-likeness (QED) is 0.0569. The van der Waals surface area contributed by atoms with Crippen molar-refractivity contribution in [2.24, 2.45) is 0 Å². The molecule has 0 amide bonds. The Kier molecular flexibility index (Phi) is 16.8. The van der Waals surface area contributed by atoms with Gasteiger partial charge in [-0.15, -0.1) is 12.4 Å².